The van der Waals surface area contributed by atoms with E-state index in [1.54, 1.807) is 6.92 Å². The molecule has 2 aromatic rings. The Labute approximate surface area is 136 Å². The summed E-state index contributed by atoms with van der Waals surface area (Å²) in [7, 11) is 0. The number of hydrogen-bond donors (Lipinski definition) is 0. The van der Waals surface area contributed by atoms with Crippen LogP contribution in [0.25, 0.3) is 5.69 Å². The molecule has 5 nitrogen and oxygen atoms in total. The van der Waals surface area contributed by atoms with Gasteiger partial charge in [0.25, 0.3) is 0 Å². The van der Waals surface area contributed by atoms with E-state index in [0.717, 1.165) is 22.9 Å². The lowest BCUT2D eigenvalue weighted by atomic mass is 9.86. The van der Waals surface area contributed by atoms with E-state index in [9.17, 15) is 4.79 Å². The van der Waals surface area contributed by atoms with Gasteiger partial charge >= 0.3 is 0 Å². The van der Waals surface area contributed by atoms with Gasteiger partial charge in [0.15, 0.2) is 5.82 Å². The largest absolute Gasteiger partial charge is 0.300 e. The summed E-state index contributed by atoms with van der Waals surface area (Å²) < 4.78 is 2.03. The van der Waals surface area contributed by atoms with Gasteiger partial charge in [-0.1, -0.05) is 32.9 Å². The average Bonchev–Trinajstić information content (AvgIpc) is 2.76. The van der Waals surface area contributed by atoms with Crippen LogP contribution in [0.2, 0.25) is 0 Å². The highest BCUT2D eigenvalue weighted by atomic mass is 16.1. The van der Waals surface area contributed by atoms with Gasteiger partial charge in [-0.15, -0.1) is 10.2 Å². The van der Waals surface area contributed by atoms with Crippen molar-refractivity contribution in [2.45, 2.75) is 52.5 Å². The molecular formula is C18H22N4O. The smallest absolute Gasteiger partial charge is 0.162 e. The van der Waals surface area contributed by atoms with Gasteiger partial charge in [-0.05, 0) is 30.9 Å². The Morgan fingerprint density at radius 2 is 2.00 bits per heavy atom. The monoisotopic (exact) mass is 310 g/mol. The first-order valence-electron chi connectivity index (χ1n) is 7.87. The fourth-order valence-electron chi connectivity index (χ4n) is 2.86. The summed E-state index contributed by atoms with van der Waals surface area (Å²) in [6.45, 7) is 10.1. The third kappa shape index (κ3) is 2.83. The zero-order valence-electron chi connectivity index (χ0n) is 14.3. The number of aryl methyl sites for hydroxylation is 1. The summed E-state index contributed by atoms with van der Waals surface area (Å²) in [5.41, 5.74) is 3.35. The summed E-state index contributed by atoms with van der Waals surface area (Å²) in [6, 6.07) is 6.12. The maximum atomic E-state index is 11.6. The minimum Gasteiger partial charge on any atom is -0.300 e. The normalized spacial score (nSPS) is 16.7. The molecule has 5 heteroatoms. The molecule has 0 N–H and O–H groups in total. The maximum Gasteiger partial charge on any atom is 0.162 e. The molecule has 0 unspecified atom stereocenters. The third-order valence-corrected chi connectivity index (χ3v) is 4.16. The fourth-order valence-corrected chi connectivity index (χ4v) is 2.86. The Kier molecular flexibility index (Phi) is 3.66. The summed E-state index contributed by atoms with van der Waals surface area (Å²) in [4.78, 5) is 16.1. The molecule has 0 saturated heterocycles. The van der Waals surface area contributed by atoms with Crippen LogP contribution in [-0.2, 0) is 10.2 Å². The van der Waals surface area contributed by atoms with E-state index in [1.807, 2.05) is 17.7 Å². The number of carbonyl (C=O) groups is 1. The van der Waals surface area contributed by atoms with Gasteiger partial charge in [0, 0.05) is 18.2 Å². The topological polar surface area (TPSA) is 60.1 Å². The highest BCUT2D eigenvalue weighted by Gasteiger charge is 2.26. The lowest BCUT2D eigenvalue weighted by Gasteiger charge is -2.21. The molecule has 0 saturated carbocycles. The Bertz CT molecular complexity index is 796. The molecule has 0 spiro atoms. The number of Topliss-reactive ketones (excluding diaryl/α,β-unsaturated/α-hetero) is 1. The van der Waals surface area contributed by atoms with Gasteiger partial charge in [0.05, 0.1) is 5.69 Å². The van der Waals surface area contributed by atoms with E-state index >= 15 is 0 Å². The number of ketones is 1. The standard InChI is InChI=1S/C18H22N4O/c1-11(23)8-15-17-21-20-12(2)22(17)16-9-14(18(3,4)5)7-6-13(16)10-19-15/h6-7,9-10,15H,8H2,1-5H3/t15-/m0/s1. The number of hydrogen-bond acceptors (Lipinski definition) is 4. The molecule has 23 heavy (non-hydrogen) atoms. The molecule has 1 aliphatic rings. The molecule has 120 valence electrons. The van der Waals surface area contributed by atoms with Crippen LogP contribution in [0.1, 0.15) is 62.9 Å². The zero-order valence-corrected chi connectivity index (χ0v) is 14.3. The van der Waals surface area contributed by atoms with Crippen molar-refractivity contribution in [3.63, 3.8) is 0 Å². The Hall–Kier alpha value is -2.30. The van der Waals surface area contributed by atoms with Crippen molar-refractivity contribution in [2.24, 2.45) is 4.99 Å². The van der Waals surface area contributed by atoms with Crippen LogP contribution >= 0.6 is 0 Å². The minimum absolute atomic E-state index is 0.0549. The molecule has 0 aliphatic carbocycles. The van der Waals surface area contributed by atoms with E-state index in [2.05, 4.69) is 54.2 Å². The Balaban J connectivity index is 2.21. The first kappa shape index (κ1) is 15.6. The second-order valence-corrected chi connectivity index (χ2v) is 7.16. The Morgan fingerprint density at radius 1 is 1.26 bits per heavy atom. The lowest BCUT2D eigenvalue weighted by Crippen LogP contribution is -2.14. The molecule has 0 bridgehead atoms. The maximum absolute atomic E-state index is 11.6. The van der Waals surface area contributed by atoms with Crippen LogP contribution in [0.5, 0.6) is 0 Å². The molecule has 0 radical (unpaired) electrons. The molecule has 3 rings (SSSR count). The summed E-state index contributed by atoms with van der Waals surface area (Å²) in [5, 5.41) is 8.50. The van der Waals surface area contributed by atoms with Crippen molar-refractivity contribution in [3.8, 4) is 5.69 Å². The average molecular weight is 310 g/mol. The summed E-state index contributed by atoms with van der Waals surface area (Å²) >= 11 is 0. The second kappa shape index (κ2) is 5.41. The summed E-state index contributed by atoms with van der Waals surface area (Å²) in [5.74, 6) is 1.64. The van der Waals surface area contributed by atoms with Crippen molar-refractivity contribution in [1.82, 2.24) is 14.8 Å². The van der Waals surface area contributed by atoms with Crippen LogP contribution in [0, 0.1) is 6.92 Å². The Morgan fingerprint density at radius 3 is 2.65 bits per heavy atom. The molecule has 1 aromatic heterocycles. The molecular weight excluding hydrogens is 288 g/mol. The third-order valence-electron chi connectivity index (χ3n) is 4.16. The fraction of sp³-hybridized carbons (Fsp3) is 0.444. The van der Waals surface area contributed by atoms with Gasteiger partial charge in [-0.25, -0.2) is 0 Å². The van der Waals surface area contributed by atoms with Gasteiger partial charge < -0.3 is 0 Å². The van der Waals surface area contributed by atoms with Gasteiger partial charge in [0.2, 0.25) is 0 Å². The number of aliphatic imine (C=N–C) groups is 1. The summed E-state index contributed by atoms with van der Waals surface area (Å²) in [6.07, 6.45) is 2.19. The second-order valence-electron chi connectivity index (χ2n) is 7.16. The minimum atomic E-state index is -0.279. The van der Waals surface area contributed by atoms with Gasteiger partial charge in [-0.3, -0.25) is 14.4 Å². The first-order chi connectivity index (χ1) is 10.8. The number of carbonyl (C=O) groups excluding carboxylic acids is 1. The SMILES string of the molecule is CC(=O)C[C@@H]1N=Cc2ccc(C(C)(C)C)cc2-n2c(C)nnc21. The number of aromatic nitrogens is 3. The van der Waals surface area contributed by atoms with Crippen molar-refractivity contribution in [2.75, 3.05) is 0 Å². The van der Waals surface area contributed by atoms with Crippen molar-refractivity contribution in [3.05, 3.63) is 41.0 Å². The molecule has 0 fully saturated rings. The van der Waals surface area contributed by atoms with Crippen molar-refractivity contribution >= 4 is 12.0 Å². The van der Waals surface area contributed by atoms with Crippen molar-refractivity contribution < 1.29 is 4.79 Å². The van der Waals surface area contributed by atoms with Crippen molar-refractivity contribution in [1.29, 1.82) is 0 Å². The van der Waals surface area contributed by atoms with E-state index in [1.165, 1.54) is 5.56 Å². The first-order valence-corrected chi connectivity index (χ1v) is 7.87. The van der Waals surface area contributed by atoms with Crippen LogP contribution in [0.3, 0.4) is 0 Å². The van der Waals surface area contributed by atoms with E-state index in [0.29, 0.717) is 6.42 Å². The number of rotatable bonds is 2. The van der Waals surface area contributed by atoms with Crippen LogP contribution in [0.4, 0.5) is 0 Å². The number of fused-ring (bicyclic) bond motifs is 3. The van der Waals surface area contributed by atoms with E-state index < -0.39 is 0 Å². The lowest BCUT2D eigenvalue weighted by molar-refractivity contribution is -0.117. The van der Waals surface area contributed by atoms with Crippen LogP contribution in [-0.4, -0.2) is 26.8 Å². The zero-order chi connectivity index (χ0) is 16.8. The van der Waals surface area contributed by atoms with Crippen LogP contribution in [0.15, 0.2) is 23.2 Å². The molecule has 1 aliphatic heterocycles. The number of nitrogens with zero attached hydrogens (tertiary/aromatic N) is 4. The predicted molar refractivity (Wildman–Crippen MR) is 90.4 cm³/mol. The highest BCUT2D eigenvalue weighted by molar-refractivity contribution is 5.86. The molecule has 2 heterocycles. The molecule has 0 amide bonds. The van der Waals surface area contributed by atoms with Gasteiger partial charge in [0.1, 0.15) is 17.6 Å². The number of benzene rings is 1. The highest BCUT2D eigenvalue weighted by Crippen LogP contribution is 2.32. The molecule has 1 aromatic carbocycles. The molecule has 1 atom stereocenters. The van der Waals surface area contributed by atoms with Gasteiger partial charge in [-0.2, -0.15) is 0 Å². The van der Waals surface area contributed by atoms with Crippen LogP contribution < -0.4 is 0 Å². The van der Waals surface area contributed by atoms with E-state index in [-0.39, 0.29) is 17.2 Å². The quantitative estimate of drug-likeness (QED) is 0.855. The van der Waals surface area contributed by atoms with E-state index in [4.69, 9.17) is 0 Å². The predicted octanol–water partition coefficient (Wildman–Crippen LogP) is 3.33.